The molecule has 3 heterocycles. The molecule has 2 aromatic carbocycles. The Morgan fingerprint density at radius 3 is 2.57 bits per heavy atom. The molecule has 2 aromatic heterocycles. The van der Waals surface area contributed by atoms with Crippen LogP contribution < -0.4 is 9.91 Å². The van der Waals surface area contributed by atoms with Gasteiger partial charge in [0.25, 0.3) is 0 Å². The lowest BCUT2D eigenvalue weighted by Crippen LogP contribution is -2.42. The molecular formula is C27H22F3N4O+. The number of fused-ring (bicyclic) bond motifs is 1. The van der Waals surface area contributed by atoms with Gasteiger partial charge in [0.1, 0.15) is 5.70 Å². The zero-order valence-corrected chi connectivity index (χ0v) is 19.1. The van der Waals surface area contributed by atoms with Crippen LogP contribution in [0.2, 0.25) is 0 Å². The van der Waals surface area contributed by atoms with Gasteiger partial charge in [-0.05, 0) is 30.3 Å². The molecule has 0 bridgehead atoms. The molecule has 1 aliphatic heterocycles. The number of benzene rings is 2. The van der Waals surface area contributed by atoms with Crippen molar-refractivity contribution in [2.45, 2.75) is 19.5 Å². The molecule has 0 saturated carbocycles. The summed E-state index contributed by atoms with van der Waals surface area (Å²) in [5.41, 5.74) is 2.75. The van der Waals surface area contributed by atoms with Crippen molar-refractivity contribution in [3.05, 3.63) is 112 Å². The number of hydrogen-bond donors (Lipinski definition) is 0. The number of alkyl halides is 3. The van der Waals surface area contributed by atoms with Crippen LogP contribution in [0.25, 0.3) is 22.3 Å². The van der Waals surface area contributed by atoms with Crippen molar-refractivity contribution in [1.82, 2.24) is 19.2 Å². The van der Waals surface area contributed by atoms with Gasteiger partial charge in [-0.1, -0.05) is 25.1 Å². The number of para-hydroxylation sites is 1. The first-order valence-corrected chi connectivity index (χ1v) is 11.1. The Balaban J connectivity index is 1.68. The van der Waals surface area contributed by atoms with Crippen molar-refractivity contribution in [3.63, 3.8) is 0 Å². The number of pyridine rings is 1. The van der Waals surface area contributed by atoms with E-state index in [9.17, 15) is 18.0 Å². The Bertz CT molecular complexity index is 1560. The minimum Gasteiger partial charge on any atom is -0.287 e. The lowest BCUT2D eigenvalue weighted by atomic mass is 10.1. The summed E-state index contributed by atoms with van der Waals surface area (Å²) in [6, 6.07) is 15.9. The van der Waals surface area contributed by atoms with Gasteiger partial charge in [0, 0.05) is 43.1 Å². The van der Waals surface area contributed by atoms with Crippen molar-refractivity contribution >= 4 is 22.3 Å². The van der Waals surface area contributed by atoms with E-state index < -0.39 is 11.7 Å². The minimum atomic E-state index is -4.48. The van der Waals surface area contributed by atoms with Crippen LogP contribution in [-0.4, -0.2) is 21.8 Å². The summed E-state index contributed by atoms with van der Waals surface area (Å²) in [5.74, 6) is 0. The maximum absolute atomic E-state index is 13.3. The number of halogens is 3. The molecule has 8 heteroatoms. The zero-order valence-electron chi connectivity index (χ0n) is 19.1. The number of quaternary nitrogens is 1. The van der Waals surface area contributed by atoms with Crippen molar-refractivity contribution in [1.29, 1.82) is 0 Å². The van der Waals surface area contributed by atoms with Crippen LogP contribution in [0.3, 0.4) is 0 Å². The molecule has 35 heavy (non-hydrogen) atoms. The van der Waals surface area contributed by atoms with Crippen LogP contribution in [0, 0.1) is 0 Å². The average molecular weight is 475 g/mol. The van der Waals surface area contributed by atoms with Gasteiger partial charge in [-0.3, -0.25) is 9.78 Å². The van der Waals surface area contributed by atoms with Gasteiger partial charge in [-0.15, -0.1) is 0 Å². The Morgan fingerprint density at radius 2 is 1.80 bits per heavy atom. The summed E-state index contributed by atoms with van der Waals surface area (Å²) in [5, 5.41) is 5.46. The smallest absolute Gasteiger partial charge is 0.287 e. The highest BCUT2D eigenvalue weighted by Gasteiger charge is 2.42. The van der Waals surface area contributed by atoms with Gasteiger partial charge in [0.05, 0.1) is 29.2 Å². The predicted molar refractivity (Wildman–Crippen MR) is 131 cm³/mol. The Hall–Kier alpha value is -4.04. The first-order valence-electron chi connectivity index (χ1n) is 11.1. The van der Waals surface area contributed by atoms with E-state index in [0.717, 1.165) is 40.8 Å². The lowest BCUT2D eigenvalue weighted by molar-refractivity contribution is -0.137. The van der Waals surface area contributed by atoms with Crippen LogP contribution in [-0.2, 0) is 6.18 Å². The maximum atomic E-state index is 13.3. The predicted octanol–water partition coefficient (Wildman–Crippen LogP) is 6.09. The first-order chi connectivity index (χ1) is 16.7. The number of nitrogens with zero attached hydrogens (tertiary/aromatic N) is 4. The summed E-state index contributed by atoms with van der Waals surface area (Å²) >= 11 is 0. The van der Waals surface area contributed by atoms with Crippen LogP contribution in [0.4, 0.5) is 18.9 Å². The van der Waals surface area contributed by atoms with Gasteiger partial charge < -0.3 is 0 Å². The highest BCUT2D eigenvalue weighted by Crippen LogP contribution is 2.44. The van der Waals surface area contributed by atoms with E-state index in [2.05, 4.69) is 10.1 Å². The highest BCUT2D eigenvalue weighted by molar-refractivity contribution is 5.95. The normalized spacial score (nSPS) is 18.0. The monoisotopic (exact) mass is 475 g/mol. The molecule has 0 spiro atoms. The Labute approximate surface area is 199 Å². The molecule has 1 aliphatic rings. The second kappa shape index (κ2) is 8.32. The molecule has 0 radical (unpaired) electrons. The fourth-order valence-corrected chi connectivity index (χ4v) is 4.66. The molecular weight excluding hydrogens is 453 g/mol. The van der Waals surface area contributed by atoms with E-state index in [-0.39, 0.29) is 21.3 Å². The SMILES string of the molecule is CCC1=CC=C(c2nn(-c3cccc(C(F)(F)F)c3)ccc2=O)[N+]1(C)c1ccnc2ccccc12. The summed E-state index contributed by atoms with van der Waals surface area (Å²) in [6.45, 7) is 2.04. The lowest BCUT2D eigenvalue weighted by Gasteiger charge is -2.34. The average Bonchev–Trinajstić information content (AvgIpc) is 3.20. The fraction of sp³-hybridized carbons (Fsp3) is 0.148. The molecule has 4 aromatic rings. The van der Waals surface area contributed by atoms with Crippen LogP contribution >= 0.6 is 0 Å². The molecule has 0 saturated heterocycles. The second-order valence-electron chi connectivity index (χ2n) is 8.44. The third kappa shape index (κ3) is 3.76. The quantitative estimate of drug-likeness (QED) is 0.336. The molecule has 5 nitrogen and oxygen atoms in total. The first kappa shape index (κ1) is 22.7. The van der Waals surface area contributed by atoms with Crippen LogP contribution in [0.1, 0.15) is 24.6 Å². The van der Waals surface area contributed by atoms with E-state index in [1.165, 1.54) is 29.1 Å². The van der Waals surface area contributed by atoms with Gasteiger partial charge in [-0.2, -0.15) is 18.3 Å². The summed E-state index contributed by atoms with van der Waals surface area (Å²) in [7, 11) is 2.00. The second-order valence-corrected chi connectivity index (χ2v) is 8.44. The largest absolute Gasteiger partial charge is 0.416 e. The topological polar surface area (TPSA) is 47.8 Å². The Morgan fingerprint density at radius 1 is 1.00 bits per heavy atom. The standard InChI is InChI=1S/C27H22F3N4O/c1-3-20-11-12-24(34(20,2)23-13-15-31-22-10-5-4-9-21(22)23)26-25(35)14-16-33(32-26)19-8-6-7-18(17-19)27(28,29)30/h4-17H,3H2,1-2H3/q+1. The summed E-state index contributed by atoms with van der Waals surface area (Å²) in [4.78, 5) is 17.5. The van der Waals surface area contributed by atoms with Crippen LogP contribution in [0.15, 0.2) is 95.7 Å². The maximum Gasteiger partial charge on any atom is 0.416 e. The van der Waals surface area contributed by atoms with Crippen molar-refractivity contribution in [2.24, 2.45) is 0 Å². The number of allylic oxidation sites excluding steroid dienone is 3. The molecule has 0 N–H and O–H groups in total. The van der Waals surface area contributed by atoms with E-state index >= 15 is 0 Å². The van der Waals surface area contributed by atoms with Gasteiger partial charge in [0.2, 0.25) is 5.43 Å². The molecule has 0 aliphatic carbocycles. The third-order valence-electron chi connectivity index (χ3n) is 6.45. The third-order valence-corrected chi connectivity index (χ3v) is 6.45. The van der Waals surface area contributed by atoms with Crippen LogP contribution in [0.5, 0.6) is 0 Å². The molecule has 176 valence electrons. The van der Waals surface area contributed by atoms with E-state index in [1.807, 2.05) is 56.5 Å². The molecule has 1 unspecified atom stereocenters. The minimum absolute atomic E-state index is 0.174. The van der Waals surface area contributed by atoms with Crippen molar-refractivity contribution < 1.29 is 13.2 Å². The molecule has 1 atom stereocenters. The fourth-order valence-electron chi connectivity index (χ4n) is 4.66. The number of rotatable bonds is 4. The Kier molecular flexibility index (Phi) is 5.40. The molecule has 5 rings (SSSR count). The van der Waals surface area contributed by atoms with Gasteiger partial charge in [0.15, 0.2) is 17.1 Å². The van der Waals surface area contributed by atoms with E-state index in [4.69, 9.17) is 0 Å². The van der Waals surface area contributed by atoms with E-state index in [1.54, 1.807) is 6.20 Å². The highest BCUT2D eigenvalue weighted by atomic mass is 19.4. The van der Waals surface area contributed by atoms with Crippen molar-refractivity contribution in [2.75, 3.05) is 7.05 Å². The number of aromatic nitrogens is 3. The molecule has 0 amide bonds. The molecule has 0 fully saturated rings. The van der Waals surface area contributed by atoms with Crippen molar-refractivity contribution in [3.8, 4) is 5.69 Å². The van der Waals surface area contributed by atoms with E-state index in [0.29, 0.717) is 5.70 Å². The zero-order chi connectivity index (χ0) is 24.8. The van der Waals surface area contributed by atoms with Gasteiger partial charge >= 0.3 is 6.18 Å². The summed E-state index contributed by atoms with van der Waals surface area (Å²) in [6.07, 6.45) is 3.22. The number of hydrogen-bond acceptors (Lipinski definition) is 3. The van der Waals surface area contributed by atoms with Gasteiger partial charge in [-0.25, -0.2) is 9.16 Å². The summed E-state index contributed by atoms with van der Waals surface area (Å²) < 4.78 is 41.3.